The number of aliphatic hydroxyl groups is 1. The molecular weight excluding hydrogens is 424 g/mol. The van der Waals surface area contributed by atoms with E-state index in [-0.39, 0.29) is 23.6 Å². The summed E-state index contributed by atoms with van der Waals surface area (Å²) in [6.07, 6.45) is 0. The second-order valence-corrected chi connectivity index (χ2v) is 9.72. The number of methoxy groups -OCH3 is 1. The predicted molar refractivity (Wildman–Crippen MR) is 119 cm³/mol. The van der Waals surface area contributed by atoms with E-state index in [1.54, 1.807) is 31.4 Å². The number of hydrogen-bond donors (Lipinski definition) is 2. The molecule has 0 saturated carbocycles. The molecule has 2 heterocycles. The molecule has 4 aromatic rings. The number of nitrogens with zero attached hydrogens (tertiary/aromatic N) is 1. The number of likely N-dealkylation sites (N-methyl/N-ethyl adjacent to an activating group) is 1. The molecule has 0 radical (unpaired) electrons. The number of hydrogen-bond acceptors (Lipinski definition) is 6. The summed E-state index contributed by atoms with van der Waals surface area (Å²) in [5.74, 6) is 0.620. The molecule has 0 unspecified atom stereocenters. The number of aromatic amines is 1. The molecular formula is C21H20N2O5S2. The Morgan fingerprint density at radius 3 is 2.53 bits per heavy atom. The third-order valence-corrected chi connectivity index (χ3v) is 7.83. The van der Waals surface area contributed by atoms with E-state index in [1.165, 1.54) is 30.5 Å². The molecule has 0 atom stereocenters. The predicted octanol–water partition coefficient (Wildman–Crippen LogP) is 3.03. The Balaban J connectivity index is 1.93. The van der Waals surface area contributed by atoms with Crippen molar-refractivity contribution in [3.05, 3.63) is 58.2 Å². The van der Waals surface area contributed by atoms with Crippen LogP contribution in [0.4, 0.5) is 0 Å². The van der Waals surface area contributed by atoms with E-state index in [9.17, 15) is 13.2 Å². The number of nitrogens with one attached hydrogen (secondary N) is 1. The van der Waals surface area contributed by atoms with Crippen LogP contribution < -0.4 is 10.3 Å². The summed E-state index contributed by atoms with van der Waals surface area (Å²) in [5, 5.41) is 12.6. The summed E-state index contributed by atoms with van der Waals surface area (Å²) in [6, 6.07) is 12.0. The number of aromatic nitrogens is 1. The Morgan fingerprint density at radius 2 is 1.87 bits per heavy atom. The van der Waals surface area contributed by atoms with Crippen molar-refractivity contribution < 1.29 is 18.3 Å². The average Bonchev–Trinajstić information content (AvgIpc) is 3.24. The molecule has 2 N–H and O–H groups in total. The van der Waals surface area contributed by atoms with Crippen LogP contribution in [0.3, 0.4) is 0 Å². The van der Waals surface area contributed by atoms with Crippen molar-refractivity contribution in [1.29, 1.82) is 0 Å². The summed E-state index contributed by atoms with van der Waals surface area (Å²) in [7, 11) is -0.693. The van der Waals surface area contributed by atoms with Crippen LogP contribution in [0.1, 0.15) is 0 Å². The van der Waals surface area contributed by atoms with Crippen molar-refractivity contribution >= 4 is 42.3 Å². The van der Waals surface area contributed by atoms with Gasteiger partial charge in [0.25, 0.3) is 5.56 Å². The van der Waals surface area contributed by atoms with E-state index in [1.807, 2.05) is 11.4 Å². The molecule has 30 heavy (non-hydrogen) atoms. The normalized spacial score (nSPS) is 12.1. The summed E-state index contributed by atoms with van der Waals surface area (Å²) >= 11 is 1.37. The van der Waals surface area contributed by atoms with Gasteiger partial charge in [-0.15, -0.1) is 11.3 Å². The topological polar surface area (TPSA) is 99.7 Å². The first-order valence-corrected chi connectivity index (χ1v) is 11.5. The molecule has 0 spiro atoms. The zero-order chi connectivity index (χ0) is 21.5. The van der Waals surface area contributed by atoms with Crippen molar-refractivity contribution in [3.8, 4) is 16.9 Å². The summed E-state index contributed by atoms with van der Waals surface area (Å²) in [4.78, 5) is 15.4. The van der Waals surface area contributed by atoms with E-state index in [2.05, 4.69) is 4.98 Å². The highest BCUT2D eigenvalue weighted by atomic mass is 32.2. The zero-order valence-corrected chi connectivity index (χ0v) is 18.0. The highest BCUT2D eigenvalue weighted by Crippen LogP contribution is 2.40. The number of fused-ring (bicyclic) bond motifs is 3. The standard InChI is InChI=1S/C21H20N2O5S2/c1-23(10-11-24)30(26,27)14-5-3-13(4-6-14)18-17(28-2)8-7-16-19(18)15-9-12-29-20(15)21(25)22-16/h3-9,12,24H,10-11H2,1-2H3,(H,22,25). The van der Waals surface area contributed by atoms with Gasteiger partial charge >= 0.3 is 0 Å². The lowest BCUT2D eigenvalue weighted by molar-refractivity contribution is 0.266. The Bertz CT molecular complexity index is 1390. The Hall–Kier alpha value is -2.72. The van der Waals surface area contributed by atoms with Gasteiger partial charge in [0.1, 0.15) is 10.4 Å². The fraction of sp³-hybridized carbons (Fsp3) is 0.190. The first kappa shape index (κ1) is 20.5. The van der Waals surface area contributed by atoms with Gasteiger partial charge in [-0.3, -0.25) is 4.79 Å². The van der Waals surface area contributed by atoms with Crippen LogP contribution in [0.25, 0.3) is 32.1 Å². The van der Waals surface area contributed by atoms with Crippen molar-refractivity contribution in [2.45, 2.75) is 4.90 Å². The number of ether oxygens (including phenoxy) is 1. The molecule has 0 bridgehead atoms. The average molecular weight is 445 g/mol. The van der Waals surface area contributed by atoms with Gasteiger partial charge in [-0.25, -0.2) is 8.42 Å². The molecule has 0 amide bonds. The Morgan fingerprint density at radius 1 is 1.13 bits per heavy atom. The SMILES string of the molecule is COc1ccc2[nH]c(=O)c3sccc3c2c1-c1ccc(S(=O)(=O)N(C)CCO)cc1. The molecule has 0 saturated heterocycles. The maximum absolute atomic E-state index is 12.6. The highest BCUT2D eigenvalue weighted by molar-refractivity contribution is 7.89. The third-order valence-electron chi connectivity index (χ3n) is 5.04. The summed E-state index contributed by atoms with van der Waals surface area (Å²) in [5.41, 5.74) is 2.08. The second kappa shape index (κ2) is 7.84. The summed E-state index contributed by atoms with van der Waals surface area (Å²) < 4.78 is 32.6. The van der Waals surface area contributed by atoms with Crippen molar-refractivity contribution in [2.24, 2.45) is 0 Å². The molecule has 156 valence electrons. The minimum absolute atomic E-state index is 0.0186. The van der Waals surface area contributed by atoms with Gasteiger partial charge in [-0.2, -0.15) is 4.31 Å². The smallest absolute Gasteiger partial charge is 0.266 e. The maximum atomic E-state index is 12.6. The lowest BCUT2D eigenvalue weighted by atomic mass is 9.97. The largest absolute Gasteiger partial charge is 0.496 e. The number of benzene rings is 2. The van der Waals surface area contributed by atoms with Gasteiger partial charge in [0.15, 0.2) is 0 Å². The van der Waals surface area contributed by atoms with E-state index in [0.717, 1.165) is 26.2 Å². The van der Waals surface area contributed by atoms with E-state index < -0.39 is 10.0 Å². The van der Waals surface area contributed by atoms with Crippen LogP contribution >= 0.6 is 11.3 Å². The van der Waals surface area contributed by atoms with Gasteiger partial charge < -0.3 is 14.8 Å². The molecule has 0 aliphatic rings. The van der Waals surface area contributed by atoms with E-state index in [4.69, 9.17) is 9.84 Å². The first-order valence-electron chi connectivity index (χ1n) is 9.16. The first-order chi connectivity index (χ1) is 14.4. The number of sulfonamides is 1. The third kappa shape index (κ3) is 3.29. The monoisotopic (exact) mass is 444 g/mol. The van der Waals surface area contributed by atoms with Crippen LogP contribution in [-0.4, -0.2) is 50.1 Å². The Kier molecular flexibility index (Phi) is 5.37. The van der Waals surface area contributed by atoms with Crippen LogP contribution in [0.15, 0.2) is 57.5 Å². The van der Waals surface area contributed by atoms with Gasteiger partial charge in [-0.05, 0) is 41.3 Å². The van der Waals surface area contributed by atoms with Gasteiger partial charge in [0, 0.05) is 35.4 Å². The number of aliphatic hydroxyl groups excluding tert-OH is 1. The van der Waals surface area contributed by atoms with Crippen molar-refractivity contribution in [1.82, 2.24) is 9.29 Å². The fourth-order valence-electron chi connectivity index (χ4n) is 3.52. The van der Waals surface area contributed by atoms with E-state index >= 15 is 0 Å². The number of thiophene rings is 1. The van der Waals surface area contributed by atoms with E-state index in [0.29, 0.717) is 16.0 Å². The molecule has 0 fully saturated rings. The van der Waals surface area contributed by atoms with Crippen LogP contribution in [0, 0.1) is 0 Å². The van der Waals surface area contributed by atoms with Gasteiger partial charge in [0.05, 0.1) is 18.6 Å². The molecule has 2 aromatic carbocycles. The minimum Gasteiger partial charge on any atom is -0.496 e. The fourth-order valence-corrected chi connectivity index (χ4v) is 5.48. The number of pyridine rings is 1. The van der Waals surface area contributed by atoms with Crippen LogP contribution in [0.2, 0.25) is 0 Å². The van der Waals surface area contributed by atoms with Crippen LogP contribution in [-0.2, 0) is 10.0 Å². The summed E-state index contributed by atoms with van der Waals surface area (Å²) in [6.45, 7) is -0.236. The Labute approximate surface area is 177 Å². The molecule has 4 rings (SSSR count). The maximum Gasteiger partial charge on any atom is 0.266 e. The lowest BCUT2D eigenvalue weighted by Gasteiger charge is -2.17. The molecule has 0 aliphatic carbocycles. The second-order valence-electron chi connectivity index (χ2n) is 6.76. The van der Waals surface area contributed by atoms with Crippen molar-refractivity contribution in [3.63, 3.8) is 0 Å². The van der Waals surface area contributed by atoms with Crippen LogP contribution in [0.5, 0.6) is 5.75 Å². The minimum atomic E-state index is -3.69. The van der Waals surface area contributed by atoms with Gasteiger partial charge in [-0.1, -0.05) is 12.1 Å². The van der Waals surface area contributed by atoms with Gasteiger partial charge in [0.2, 0.25) is 10.0 Å². The molecule has 2 aromatic heterocycles. The molecule has 0 aliphatic heterocycles. The highest BCUT2D eigenvalue weighted by Gasteiger charge is 2.21. The number of rotatable bonds is 6. The molecule has 7 nitrogen and oxygen atoms in total. The quantitative estimate of drug-likeness (QED) is 0.476. The number of H-pyrrole nitrogens is 1. The zero-order valence-electron chi connectivity index (χ0n) is 16.4. The lowest BCUT2D eigenvalue weighted by Crippen LogP contribution is -2.29. The van der Waals surface area contributed by atoms with Crippen molar-refractivity contribution in [2.75, 3.05) is 27.3 Å². The molecule has 9 heteroatoms.